The Kier molecular flexibility index (Phi) is 5.39. The fourth-order valence-electron chi connectivity index (χ4n) is 2.21. The van der Waals surface area contributed by atoms with Gasteiger partial charge in [0.1, 0.15) is 0 Å². The molecule has 2 aromatic carbocycles. The number of hydrazone groups is 1. The van der Waals surface area contributed by atoms with E-state index in [9.17, 15) is 4.79 Å². The molecule has 1 N–H and O–H groups in total. The van der Waals surface area contributed by atoms with E-state index in [2.05, 4.69) is 43.4 Å². The lowest BCUT2D eigenvalue weighted by Gasteiger charge is -2.18. The zero-order valence-electron chi connectivity index (χ0n) is 15.0. The van der Waals surface area contributed by atoms with Crippen molar-refractivity contribution >= 4 is 17.8 Å². The maximum atomic E-state index is 12.1. The van der Waals surface area contributed by atoms with E-state index in [0.29, 0.717) is 5.56 Å². The zero-order valence-corrected chi connectivity index (χ0v) is 15.0. The summed E-state index contributed by atoms with van der Waals surface area (Å²) in [7, 11) is 3.93. The van der Waals surface area contributed by atoms with Gasteiger partial charge >= 0.3 is 0 Å². The predicted octanol–water partition coefficient (Wildman–Crippen LogP) is 3.81. The van der Waals surface area contributed by atoms with Crippen molar-refractivity contribution in [2.75, 3.05) is 19.0 Å². The summed E-state index contributed by atoms with van der Waals surface area (Å²) in [4.78, 5) is 14.1. The maximum Gasteiger partial charge on any atom is 0.271 e. The SMILES string of the molecule is CN(C)c1ccc(C(=O)N/N=C/c2ccc(C(C)(C)C)cc2)cc1. The topological polar surface area (TPSA) is 44.7 Å². The summed E-state index contributed by atoms with van der Waals surface area (Å²) >= 11 is 0. The fourth-order valence-corrected chi connectivity index (χ4v) is 2.21. The molecule has 0 saturated carbocycles. The van der Waals surface area contributed by atoms with Gasteiger partial charge in [0, 0.05) is 25.3 Å². The monoisotopic (exact) mass is 323 g/mol. The molecule has 2 aromatic rings. The molecule has 0 aliphatic heterocycles. The van der Waals surface area contributed by atoms with Crippen molar-refractivity contribution in [3.63, 3.8) is 0 Å². The molecule has 4 nitrogen and oxygen atoms in total. The Balaban J connectivity index is 1.97. The molecule has 126 valence electrons. The highest BCUT2D eigenvalue weighted by atomic mass is 16.2. The van der Waals surface area contributed by atoms with Crippen LogP contribution in [-0.4, -0.2) is 26.2 Å². The van der Waals surface area contributed by atoms with Crippen LogP contribution in [0.15, 0.2) is 53.6 Å². The van der Waals surface area contributed by atoms with Gasteiger partial charge in [-0.25, -0.2) is 5.43 Å². The van der Waals surface area contributed by atoms with Crippen molar-refractivity contribution in [3.8, 4) is 0 Å². The molecule has 24 heavy (non-hydrogen) atoms. The van der Waals surface area contributed by atoms with E-state index in [1.54, 1.807) is 18.3 Å². The molecule has 1 amide bonds. The standard InChI is InChI=1S/C20H25N3O/c1-20(2,3)17-10-6-15(7-11-17)14-21-22-19(24)16-8-12-18(13-9-16)23(4)5/h6-14H,1-5H3,(H,22,24)/b21-14+. The first kappa shape index (κ1) is 17.7. The fraction of sp³-hybridized carbons (Fsp3) is 0.300. The van der Waals surface area contributed by atoms with Gasteiger partial charge in [0.2, 0.25) is 0 Å². The second-order valence-corrected chi connectivity index (χ2v) is 7.01. The molecule has 4 heteroatoms. The molecule has 2 rings (SSSR count). The van der Waals surface area contributed by atoms with E-state index < -0.39 is 0 Å². The molecule has 0 aliphatic rings. The number of amides is 1. The molecular formula is C20H25N3O. The van der Waals surface area contributed by atoms with Crippen LogP contribution in [0, 0.1) is 0 Å². The van der Waals surface area contributed by atoms with Gasteiger partial charge in [-0.05, 0) is 40.8 Å². The number of anilines is 1. The molecule has 0 saturated heterocycles. The second-order valence-electron chi connectivity index (χ2n) is 7.01. The molecule has 0 spiro atoms. The third kappa shape index (κ3) is 4.69. The molecule has 0 radical (unpaired) electrons. The Morgan fingerprint density at radius 1 is 1.00 bits per heavy atom. The second kappa shape index (κ2) is 7.30. The van der Waals surface area contributed by atoms with Crippen LogP contribution in [0.4, 0.5) is 5.69 Å². The van der Waals surface area contributed by atoms with Crippen LogP contribution >= 0.6 is 0 Å². The third-order valence-electron chi connectivity index (χ3n) is 3.80. The Morgan fingerprint density at radius 3 is 2.08 bits per heavy atom. The first-order chi connectivity index (χ1) is 11.3. The quantitative estimate of drug-likeness (QED) is 0.687. The van der Waals surface area contributed by atoms with Gasteiger partial charge in [0.25, 0.3) is 5.91 Å². The number of benzene rings is 2. The lowest BCUT2D eigenvalue weighted by atomic mass is 9.87. The largest absolute Gasteiger partial charge is 0.378 e. The number of carbonyl (C=O) groups excluding carboxylic acids is 1. The van der Waals surface area contributed by atoms with Crippen molar-refractivity contribution in [1.82, 2.24) is 5.43 Å². The summed E-state index contributed by atoms with van der Waals surface area (Å²) in [6, 6.07) is 15.6. The summed E-state index contributed by atoms with van der Waals surface area (Å²) in [5, 5.41) is 4.03. The van der Waals surface area contributed by atoms with E-state index in [1.165, 1.54) is 5.56 Å². The van der Waals surface area contributed by atoms with Gasteiger partial charge in [-0.2, -0.15) is 5.10 Å². The highest BCUT2D eigenvalue weighted by Gasteiger charge is 2.12. The minimum Gasteiger partial charge on any atom is -0.378 e. The highest BCUT2D eigenvalue weighted by Crippen LogP contribution is 2.21. The first-order valence-electron chi connectivity index (χ1n) is 7.99. The van der Waals surface area contributed by atoms with Crippen LogP contribution in [0.1, 0.15) is 42.3 Å². The molecule has 0 fully saturated rings. The maximum absolute atomic E-state index is 12.1. The molecule has 0 aliphatic carbocycles. The lowest BCUT2D eigenvalue weighted by Crippen LogP contribution is -2.18. The van der Waals surface area contributed by atoms with E-state index in [4.69, 9.17) is 0 Å². The minimum atomic E-state index is -0.220. The zero-order chi connectivity index (χ0) is 17.7. The highest BCUT2D eigenvalue weighted by molar-refractivity contribution is 5.95. The van der Waals surface area contributed by atoms with Gasteiger partial charge in [-0.3, -0.25) is 4.79 Å². The average Bonchev–Trinajstić information content (AvgIpc) is 2.54. The van der Waals surface area contributed by atoms with Crippen molar-refractivity contribution in [2.45, 2.75) is 26.2 Å². The Hall–Kier alpha value is -2.62. The van der Waals surface area contributed by atoms with Gasteiger partial charge in [0.15, 0.2) is 0 Å². The van der Waals surface area contributed by atoms with E-state index >= 15 is 0 Å². The van der Waals surface area contributed by atoms with Crippen LogP contribution in [0.25, 0.3) is 0 Å². The predicted molar refractivity (Wildman–Crippen MR) is 101 cm³/mol. The molecule has 0 aromatic heterocycles. The first-order valence-corrected chi connectivity index (χ1v) is 7.99. The van der Waals surface area contributed by atoms with Crippen LogP contribution < -0.4 is 10.3 Å². The van der Waals surface area contributed by atoms with Gasteiger partial charge in [0.05, 0.1) is 6.21 Å². The number of nitrogens with zero attached hydrogens (tertiary/aromatic N) is 2. The number of carbonyl (C=O) groups is 1. The Labute approximate surface area is 144 Å². The average molecular weight is 323 g/mol. The summed E-state index contributed by atoms with van der Waals surface area (Å²) in [5.74, 6) is -0.220. The van der Waals surface area contributed by atoms with Gasteiger partial charge < -0.3 is 4.90 Å². The van der Waals surface area contributed by atoms with Crippen molar-refractivity contribution < 1.29 is 4.79 Å². The number of nitrogens with one attached hydrogen (secondary N) is 1. The van der Waals surface area contributed by atoms with Crippen molar-refractivity contribution in [1.29, 1.82) is 0 Å². The van der Waals surface area contributed by atoms with Gasteiger partial charge in [-0.15, -0.1) is 0 Å². The normalized spacial score (nSPS) is 11.5. The molecule has 0 bridgehead atoms. The van der Waals surface area contributed by atoms with Crippen LogP contribution in [-0.2, 0) is 5.41 Å². The van der Waals surface area contributed by atoms with E-state index in [0.717, 1.165) is 11.3 Å². The van der Waals surface area contributed by atoms with Crippen molar-refractivity contribution in [2.24, 2.45) is 5.10 Å². The summed E-state index contributed by atoms with van der Waals surface area (Å²) in [6.45, 7) is 6.54. The number of hydrogen-bond donors (Lipinski definition) is 1. The van der Waals surface area contributed by atoms with Crippen LogP contribution in [0.5, 0.6) is 0 Å². The summed E-state index contributed by atoms with van der Waals surface area (Å²) < 4.78 is 0. The summed E-state index contributed by atoms with van der Waals surface area (Å²) in [6.07, 6.45) is 1.65. The lowest BCUT2D eigenvalue weighted by molar-refractivity contribution is 0.0955. The molecule has 0 unspecified atom stereocenters. The molecular weight excluding hydrogens is 298 g/mol. The van der Waals surface area contributed by atoms with Crippen LogP contribution in [0.3, 0.4) is 0 Å². The van der Waals surface area contributed by atoms with E-state index in [-0.39, 0.29) is 11.3 Å². The Morgan fingerprint density at radius 2 is 1.58 bits per heavy atom. The molecule has 0 heterocycles. The van der Waals surface area contributed by atoms with E-state index in [1.807, 2.05) is 43.3 Å². The van der Waals surface area contributed by atoms with Gasteiger partial charge in [-0.1, -0.05) is 45.0 Å². The van der Waals surface area contributed by atoms with Crippen molar-refractivity contribution in [3.05, 3.63) is 65.2 Å². The number of hydrogen-bond acceptors (Lipinski definition) is 3. The Bertz CT molecular complexity index is 708. The molecule has 0 atom stereocenters. The van der Waals surface area contributed by atoms with Crippen LogP contribution in [0.2, 0.25) is 0 Å². The number of rotatable bonds is 4. The smallest absolute Gasteiger partial charge is 0.271 e. The minimum absolute atomic E-state index is 0.128. The third-order valence-corrected chi connectivity index (χ3v) is 3.80. The summed E-state index contributed by atoms with van der Waals surface area (Å²) in [5.41, 5.74) is 6.54.